The Morgan fingerprint density at radius 2 is 1.95 bits per heavy atom. The number of nitrogens with two attached hydrogens (primary N) is 1. The monoisotopic (exact) mass is 296 g/mol. The highest BCUT2D eigenvalue weighted by atomic mass is 19.4. The second kappa shape index (κ2) is 6.35. The molecule has 2 nitrogen and oxygen atoms in total. The summed E-state index contributed by atoms with van der Waals surface area (Å²) in [5.41, 5.74) is 7.03. The summed E-state index contributed by atoms with van der Waals surface area (Å²) in [6.07, 6.45) is 1.20. The molecule has 1 unspecified atom stereocenters. The van der Waals surface area contributed by atoms with Crippen LogP contribution in [0.3, 0.4) is 0 Å². The quantitative estimate of drug-likeness (QED) is 0.893. The number of halogens is 3. The summed E-state index contributed by atoms with van der Waals surface area (Å²) in [4.78, 5) is 0. The van der Waals surface area contributed by atoms with Crippen molar-refractivity contribution in [1.82, 2.24) is 4.57 Å². The summed E-state index contributed by atoms with van der Waals surface area (Å²) in [5, 5.41) is 0. The lowest BCUT2D eigenvalue weighted by Crippen LogP contribution is -2.21. The molecule has 0 aliphatic carbocycles. The lowest BCUT2D eigenvalue weighted by Gasteiger charge is -2.09. The van der Waals surface area contributed by atoms with E-state index in [0.29, 0.717) is 12.1 Å². The van der Waals surface area contributed by atoms with Crippen LogP contribution in [0.4, 0.5) is 13.2 Å². The van der Waals surface area contributed by atoms with E-state index in [-0.39, 0.29) is 6.04 Å². The minimum absolute atomic E-state index is 0.120. The van der Waals surface area contributed by atoms with Gasteiger partial charge in [0.1, 0.15) is 0 Å². The Morgan fingerprint density at radius 3 is 2.62 bits per heavy atom. The Labute approximate surface area is 122 Å². The fourth-order valence-corrected chi connectivity index (χ4v) is 2.21. The van der Waals surface area contributed by atoms with E-state index < -0.39 is 11.7 Å². The maximum atomic E-state index is 12.7. The van der Waals surface area contributed by atoms with Crippen LogP contribution in [0.5, 0.6) is 0 Å². The maximum Gasteiger partial charge on any atom is 0.416 e. The van der Waals surface area contributed by atoms with Gasteiger partial charge in [0.15, 0.2) is 0 Å². The van der Waals surface area contributed by atoms with E-state index in [4.69, 9.17) is 5.73 Å². The summed E-state index contributed by atoms with van der Waals surface area (Å²) >= 11 is 0. The fourth-order valence-electron chi connectivity index (χ4n) is 2.21. The van der Waals surface area contributed by atoms with Crippen molar-refractivity contribution in [2.24, 2.45) is 5.73 Å². The Morgan fingerprint density at radius 1 is 1.19 bits per heavy atom. The van der Waals surface area contributed by atoms with Gasteiger partial charge in [-0.25, -0.2) is 0 Å². The standard InChI is InChI=1S/C16H19F3N2/c1-2-15(20)9-13-6-7-21(11-13)10-12-4-3-5-14(8-12)16(17,18)19/h3-8,11,15H,2,9-10,20H2,1H3. The zero-order chi connectivity index (χ0) is 15.5. The van der Waals surface area contributed by atoms with Gasteiger partial charge in [-0.1, -0.05) is 19.1 Å². The second-order valence-corrected chi connectivity index (χ2v) is 5.26. The first-order valence-corrected chi connectivity index (χ1v) is 6.95. The lowest BCUT2D eigenvalue weighted by atomic mass is 10.1. The van der Waals surface area contributed by atoms with Gasteiger partial charge in [0.05, 0.1) is 5.56 Å². The van der Waals surface area contributed by atoms with Crippen molar-refractivity contribution in [3.8, 4) is 0 Å². The minimum atomic E-state index is -4.30. The molecule has 0 bridgehead atoms. The highest BCUT2D eigenvalue weighted by Gasteiger charge is 2.30. The first-order chi connectivity index (χ1) is 9.88. The van der Waals surface area contributed by atoms with Gasteiger partial charge in [0.2, 0.25) is 0 Å². The summed E-state index contributed by atoms with van der Waals surface area (Å²) in [5.74, 6) is 0. The summed E-state index contributed by atoms with van der Waals surface area (Å²) in [6, 6.07) is 7.50. The van der Waals surface area contributed by atoms with Crippen LogP contribution >= 0.6 is 0 Å². The van der Waals surface area contributed by atoms with E-state index in [1.54, 1.807) is 6.07 Å². The van der Waals surface area contributed by atoms with Crippen molar-refractivity contribution in [2.75, 3.05) is 0 Å². The van der Waals surface area contributed by atoms with Crippen molar-refractivity contribution < 1.29 is 13.2 Å². The predicted octanol–water partition coefficient (Wildman–Crippen LogP) is 3.84. The van der Waals surface area contributed by atoms with Crippen LogP contribution in [0.1, 0.15) is 30.0 Å². The van der Waals surface area contributed by atoms with E-state index in [2.05, 4.69) is 0 Å². The molecular weight excluding hydrogens is 277 g/mol. The van der Waals surface area contributed by atoms with Gasteiger partial charge in [0, 0.05) is 25.0 Å². The highest BCUT2D eigenvalue weighted by molar-refractivity contribution is 5.26. The molecule has 1 atom stereocenters. The molecule has 0 radical (unpaired) electrons. The van der Waals surface area contributed by atoms with Gasteiger partial charge < -0.3 is 10.3 Å². The Kier molecular flexibility index (Phi) is 4.73. The van der Waals surface area contributed by atoms with Gasteiger partial charge in [-0.2, -0.15) is 13.2 Å². The number of hydrogen-bond donors (Lipinski definition) is 1. The van der Waals surface area contributed by atoms with Gasteiger partial charge in [-0.3, -0.25) is 0 Å². The first kappa shape index (κ1) is 15.6. The van der Waals surface area contributed by atoms with Crippen molar-refractivity contribution in [2.45, 2.75) is 38.5 Å². The van der Waals surface area contributed by atoms with Crippen LogP contribution in [-0.4, -0.2) is 10.6 Å². The van der Waals surface area contributed by atoms with Gasteiger partial charge in [-0.15, -0.1) is 0 Å². The van der Waals surface area contributed by atoms with E-state index in [1.165, 1.54) is 12.1 Å². The molecule has 5 heteroatoms. The molecule has 21 heavy (non-hydrogen) atoms. The Hall–Kier alpha value is -1.75. The SMILES string of the molecule is CCC(N)Cc1ccn(Cc2cccc(C(F)(F)F)c2)c1. The number of alkyl halides is 3. The second-order valence-electron chi connectivity index (χ2n) is 5.26. The smallest absolute Gasteiger partial charge is 0.350 e. The number of benzene rings is 1. The van der Waals surface area contributed by atoms with Crippen LogP contribution in [0.15, 0.2) is 42.7 Å². The van der Waals surface area contributed by atoms with Crippen LogP contribution < -0.4 is 5.73 Å². The number of aromatic nitrogens is 1. The van der Waals surface area contributed by atoms with Gasteiger partial charge >= 0.3 is 6.18 Å². The number of nitrogens with zero attached hydrogens (tertiary/aromatic N) is 1. The van der Waals surface area contributed by atoms with E-state index in [1.807, 2.05) is 30.0 Å². The molecule has 2 N–H and O–H groups in total. The molecule has 0 amide bonds. The molecule has 2 aromatic rings. The molecule has 2 rings (SSSR count). The van der Waals surface area contributed by atoms with Crippen molar-refractivity contribution in [1.29, 1.82) is 0 Å². The fraction of sp³-hybridized carbons (Fsp3) is 0.375. The maximum absolute atomic E-state index is 12.7. The van der Waals surface area contributed by atoms with Crippen LogP contribution in [0, 0.1) is 0 Å². The van der Waals surface area contributed by atoms with Crippen molar-refractivity contribution in [3.63, 3.8) is 0 Å². The van der Waals surface area contributed by atoms with E-state index in [0.717, 1.165) is 24.5 Å². The average Bonchev–Trinajstić information content (AvgIpc) is 2.85. The Bertz CT molecular complexity index is 587. The number of rotatable bonds is 5. The molecule has 0 fully saturated rings. The van der Waals surface area contributed by atoms with Crippen LogP contribution in [0.25, 0.3) is 0 Å². The number of hydrogen-bond acceptors (Lipinski definition) is 1. The molecule has 1 aromatic carbocycles. The zero-order valence-electron chi connectivity index (χ0n) is 11.9. The third-order valence-corrected chi connectivity index (χ3v) is 3.45. The predicted molar refractivity (Wildman–Crippen MR) is 76.9 cm³/mol. The van der Waals surface area contributed by atoms with Crippen LogP contribution in [0.2, 0.25) is 0 Å². The zero-order valence-corrected chi connectivity index (χ0v) is 11.9. The van der Waals surface area contributed by atoms with E-state index >= 15 is 0 Å². The topological polar surface area (TPSA) is 30.9 Å². The largest absolute Gasteiger partial charge is 0.416 e. The summed E-state index contributed by atoms with van der Waals surface area (Å²) in [6.45, 7) is 2.45. The molecule has 114 valence electrons. The summed E-state index contributed by atoms with van der Waals surface area (Å²) in [7, 11) is 0. The molecule has 0 saturated carbocycles. The third-order valence-electron chi connectivity index (χ3n) is 3.45. The molecule has 1 heterocycles. The summed E-state index contributed by atoms with van der Waals surface area (Å²) < 4.78 is 39.9. The molecule has 0 spiro atoms. The molecular formula is C16H19F3N2. The minimum Gasteiger partial charge on any atom is -0.350 e. The van der Waals surface area contributed by atoms with Crippen molar-refractivity contribution >= 4 is 0 Å². The average molecular weight is 296 g/mol. The van der Waals surface area contributed by atoms with Gasteiger partial charge in [-0.05, 0) is 42.2 Å². The molecule has 0 saturated heterocycles. The molecule has 0 aliphatic heterocycles. The Balaban J connectivity index is 2.08. The third kappa shape index (κ3) is 4.36. The molecule has 1 aromatic heterocycles. The molecule has 0 aliphatic rings. The van der Waals surface area contributed by atoms with Crippen molar-refractivity contribution in [3.05, 3.63) is 59.4 Å². The first-order valence-electron chi connectivity index (χ1n) is 6.95. The van der Waals surface area contributed by atoms with Gasteiger partial charge in [0.25, 0.3) is 0 Å². The van der Waals surface area contributed by atoms with E-state index in [9.17, 15) is 13.2 Å². The lowest BCUT2D eigenvalue weighted by molar-refractivity contribution is -0.137. The normalized spacial score (nSPS) is 13.4. The highest BCUT2D eigenvalue weighted by Crippen LogP contribution is 2.29. The van der Waals surface area contributed by atoms with Crippen LogP contribution in [-0.2, 0) is 19.1 Å².